The van der Waals surface area contributed by atoms with Crippen LogP contribution in [0.3, 0.4) is 0 Å². The van der Waals surface area contributed by atoms with E-state index < -0.39 is 6.10 Å². The highest BCUT2D eigenvalue weighted by atomic mass is 35.5. The summed E-state index contributed by atoms with van der Waals surface area (Å²) in [7, 11) is 0. The molecule has 1 atom stereocenters. The van der Waals surface area contributed by atoms with E-state index in [1.165, 1.54) is 0 Å². The van der Waals surface area contributed by atoms with Crippen LogP contribution in [0.4, 0.5) is 0 Å². The van der Waals surface area contributed by atoms with Crippen molar-refractivity contribution < 1.29 is 9.52 Å². The fourth-order valence-corrected chi connectivity index (χ4v) is 2.94. The topological polar surface area (TPSA) is 51.2 Å². The molecule has 1 unspecified atom stereocenters. The van der Waals surface area contributed by atoms with E-state index in [0.29, 0.717) is 23.0 Å². The molecule has 0 aliphatic heterocycles. The van der Waals surface area contributed by atoms with Crippen LogP contribution in [0.5, 0.6) is 0 Å². The number of fused-ring (bicyclic) bond motifs is 1. The number of benzene rings is 1. The first-order valence-electron chi connectivity index (χ1n) is 7.00. The van der Waals surface area contributed by atoms with Crippen LogP contribution in [0, 0.1) is 6.92 Å². The lowest BCUT2D eigenvalue weighted by Gasteiger charge is -2.14. The van der Waals surface area contributed by atoms with Crippen molar-refractivity contribution in [2.75, 3.05) is 0 Å². The standard InChI is InChI=1S/C16H17ClN2O2/c1-3-8-19-15(12(17)9-18-19)16(20)14-10(2)21-13-7-5-4-6-11(13)14/h4-7,9,16,20H,3,8H2,1-2H3. The molecule has 110 valence electrons. The Kier molecular flexibility index (Phi) is 3.74. The normalized spacial score (nSPS) is 13.0. The summed E-state index contributed by atoms with van der Waals surface area (Å²) in [5.74, 6) is 0.698. The van der Waals surface area contributed by atoms with E-state index >= 15 is 0 Å². The summed E-state index contributed by atoms with van der Waals surface area (Å²) in [6, 6.07) is 7.68. The first-order valence-corrected chi connectivity index (χ1v) is 7.38. The zero-order valence-corrected chi connectivity index (χ0v) is 12.8. The molecule has 0 aliphatic rings. The van der Waals surface area contributed by atoms with Crippen LogP contribution >= 0.6 is 11.6 Å². The van der Waals surface area contributed by atoms with E-state index in [1.807, 2.05) is 31.2 Å². The van der Waals surface area contributed by atoms with Crippen molar-refractivity contribution in [3.63, 3.8) is 0 Å². The quantitative estimate of drug-likeness (QED) is 0.790. The second-order valence-corrected chi connectivity index (χ2v) is 5.48. The molecule has 2 heterocycles. The molecule has 4 nitrogen and oxygen atoms in total. The lowest BCUT2D eigenvalue weighted by Crippen LogP contribution is -2.11. The van der Waals surface area contributed by atoms with E-state index in [0.717, 1.165) is 23.0 Å². The molecule has 3 rings (SSSR count). The maximum Gasteiger partial charge on any atom is 0.134 e. The Morgan fingerprint density at radius 2 is 2.14 bits per heavy atom. The van der Waals surface area contributed by atoms with Crippen molar-refractivity contribution in [2.24, 2.45) is 0 Å². The van der Waals surface area contributed by atoms with Crippen molar-refractivity contribution in [1.29, 1.82) is 0 Å². The number of aryl methyl sites for hydroxylation is 2. The second-order valence-electron chi connectivity index (χ2n) is 5.07. The molecule has 1 aromatic carbocycles. The summed E-state index contributed by atoms with van der Waals surface area (Å²) in [4.78, 5) is 0. The van der Waals surface area contributed by atoms with E-state index in [1.54, 1.807) is 10.9 Å². The van der Waals surface area contributed by atoms with Gasteiger partial charge in [0, 0.05) is 17.5 Å². The van der Waals surface area contributed by atoms with Crippen molar-refractivity contribution in [1.82, 2.24) is 9.78 Å². The minimum absolute atomic E-state index is 0.473. The molecule has 0 fully saturated rings. The Balaban J connectivity index is 2.15. The largest absolute Gasteiger partial charge is 0.461 e. The molecule has 0 radical (unpaired) electrons. The maximum absolute atomic E-state index is 10.8. The van der Waals surface area contributed by atoms with Crippen molar-refractivity contribution in [2.45, 2.75) is 32.9 Å². The van der Waals surface area contributed by atoms with Gasteiger partial charge in [0.05, 0.1) is 16.9 Å². The first-order chi connectivity index (χ1) is 10.1. The molecule has 0 saturated carbocycles. The van der Waals surface area contributed by atoms with Gasteiger partial charge in [0.2, 0.25) is 0 Å². The Labute approximate surface area is 127 Å². The smallest absolute Gasteiger partial charge is 0.134 e. The second kappa shape index (κ2) is 5.54. The lowest BCUT2D eigenvalue weighted by atomic mass is 10.0. The molecular formula is C16H17ClN2O2. The van der Waals surface area contributed by atoms with Crippen LogP contribution < -0.4 is 0 Å². The Bertz CT molecular complexity index is 776. The van der Waals surface area contributed by atoms with E-state index in [9.17, 15) is 5.11 Å². The molecule has 1 N–H and O–H groups in total. The number of aliphatic hydroxyl groups excluding tert-OH is 1. The molecule has 3 aromatic rings. The van der Waals surface area contributed by atoms with Crippen LogP contribution in [0.1, 0.15) is 36.5 Å². The number of aromatic nitrogens is 2. The SMILES string of the molecule is CCCn1ncc(Cl)c1C(O)c1c(C)oc2ccccc12. The molecule has 0 saturated heterocycles. The summed E-state index contributed by atoms with van der Waals surface area (Å²) in [5.41, 5.74) is 2.14. The van der Waals surface area contributed by atoms with Crippen LogP contribution in [0.2, 0.25) is 5.02 Å². The van der Waals surface area contributed by atoms with Gasteiger partial charge in [0.15, 0.2) is 0 Å². The van der Waals surface area contributed by atoms with Gasteiger partial charge in [-0.3, -0.25) is 4.68 Å². The van der Waals surface area contributed by atoms with Gasteiger partial charge < -0.3 is 9.52 Å². The summed E-state index contributed by atoms with van der Waals surface area (Å²) in [6.45, 7) is 4.63. The summed E-state index contributed by atoms with van der Waals surface area (Å²) < 4.78 is 7.48. The predicted molar refractivity (Wildman–Crippen MR) is 82.5 cm³/mol. The molecular weight excluding hydrogens is 288 g/mol. The Hall–Kier alpha value is -1.78. The summed E-state index contributed by atoms with van der Waals surface area (Å²) in [6.07, 6.45) is 1.64. The van der Waals surface area contributed by atoms with Gasteiger partial charge in [-0.1, -0.05) is 36.7 Å². The fourth-order valence-electron chi connectivity index (χ4n) is 2.70. The zero-order chi connectivity index (χ0) is 15.0. The highest BCUT2D eigenvalue weighted by Crippen LogP contribution is 2.36. The van der Waals surface area contributed by atoms with Gasteiger partial charge in [0.25, 0.3) is 0 Å². The van der Waals surface area contributed by atoms with E-state index in [4.69, 9.17) is 16.0 Å². The van der Waals surface area contributed by atoms with Gasteiger partial charge >= 0.3 is 0 Å². The van der Waals surface area contributed by atoms with Crippen molar-refractivity contribution in [3.8, 4) is 0 Å². The van der Waals surface area contributed by atoms with Gasteiger partial charge in [-0.05, 0) is 19.4 Å². The van der Waals surface area contributed by atoms with Crippen molar-refractivity contribution >= 4 is 22.6 Å². The van der Waals surface area contributed by atoms with E-state index in [-0.39, 0.29) is 0 Å². The summed E-state index contributed by atoms with van der Waals surface area (Å²) >= 11 is 6.22. The van der Waals surface area contributed by atoms with Gasteiger partial charge in [-0.25, -0.2) is 0 Å². The number of hydrogen-bond donors (Lipinski definition) is 1. The third-order valence-corrected chi connectivity index (χ3v) is 3.91. The molecule has 2 aromatic heterocycles. The maximum atomic E-state index is 10.8. The van der Waals surface area contributed by atoms with Crippen LogP contribution in [0.15, 0.2) is 34.9 Å². The Morgan fingerprint density at radius 3 is 2.90 bits per heavy atom. The monoisotopic (exact) mass is 304 g/mol. The third-order valence-electron chi connectivity index (χ3n) is 3.62. The van der Waals surface area contributed by atoms with Gasteiger partial charge in [0.1, 0.15) is 17.4 Å². The summed E-state index contributed by atoms with van der Waals surface area (Å²) in [5, 5.41) is 16.4. The molecule has 0 bridgehead atoms. The molecule has 0 amide bonds. The number of hydrogen-bond acceptors (Lipinski definition) is 3. The molecule has 21 heavy (non-hydrogen) atoms. The molecule has 5 heteroatoms. The van der Waals surface area contributed by atoms with Gasteiger partial charge in [-0.2, -0.15) is 5.10 Å². The zero-order valence-electron chi connectivity index (χ0n) is 12.0. The van der Waals surface area contributed by atoms with Gasteiger partial charge in [-0.15, -0.1) is 0 Å². The molecule has 0 spiro atoms. The third kappa shape index (κ3) is 2.34. The Morgan fingerprint density at radius 1 is 1.38 bits per heavy atom. The highest BCUT2D eigenvalue weighted by molar-refractivity contribution is 6.31. The average Bonchev–Trinajstić information content (AvgIpc) is 2.98. The first kappa shape index (κ1) is 14.2. The number of rotatable bonds is 4. The number of halogens is 1. The number of para-hydroxylation sites is 1. The fraction of sp³-hybridized carbons (Fsp3) is 0.312. The number of aliphatic hydroxyl groups is 1. The minimum Gasteiger partial charge on any atom is -0.461 e. The van der Waals surface area contributed by atoms with E-state index in [2.05, 4.69) is 12.0 Å². The lowest BCUT2D eigenvalue weighted by molar-refractivity contribution is 0.206. The minimum atomic E-state index is -0.852. The van der Waals surface area contributed by atoms with Crippen LogP contribution in [0.25, 0.3) is 11.0 Å². The average molecular weight is 305 g/mol. The van der Waals surface area contributed by atoms with Crippen molar-refractivity contribution in [3.05, 3.63) is 52.5 Å². The number of furan rings is 1. The predicted octanol–water partition coefficient (Wildman–Crippen LogP) is 4.08. The van der Waals surface area contributed by atoms with Crippen LogP contribution in [-0.4, -0.2) is 14.9 Å². The van der Waals surface area contributed by atoms with Crippen LogP contribution in [-0.2, 0) is 6.54 Å². The highest BCUT2D eigenvalue weighted by Gasteiger charge is 2.25. The number of nitrogens with zero attached hydrogens (tertiary/aromatic N) is 2. The molecule has 0 aliphatic carbocycles.